The van der Waals surface area contributed by atoms with Crippen molar-refractivity contribution in [3.8, 4) is 11.5 Å². The average molecular weight is 542 g/mol. The molecule has 1 aromatic rings. The monoisotopic (exact) mass is 542 g/mol. The van der Waals surface area contributed by atoms with Gasteiger partial charge in [0.1, 0.15) is 6.07 Å². The summed E-state index contributed by atoms with van der Waals surface area (Å²) in [5, 5.41) is 56.1. The minimum Gasteiger partial charge on any atom is -0.569 e. The molecule has 0 N–H and O–H groups in total. The van der Waals surface area contributed by atoms with Crippen LogP contribution in [0.25, 0.3) is 0 Å². The van der Waals surface area contributed by atoms with Crippen molar-refractivity contribution in [3.05, 3.63) is 42.8 Å². The molecule has 3 rings (SSSR count). The van der Waals surface area contributed by atoms with Crippen molar-refractivity contribution in [1.29, 1.82) is 0 Å². The Balaban J connectivity index is 1.90. The van der Waals surface area contributed by atoms with Gasteiger partial charge in [-0.25, -0.2) is 9.59 Å². The summed E-state index contributed by atoms with van der Waals surface area (Å²) in [5.41, 5.74) is -1.92. The second kappa shape index (κ2) is 11.8. The topological polar surface area (TPSA) is 241 Å². The molecular weight excluding hydrogens is 520 g/mol. The fourth-order valence-electron chi connectivity index (χ4n) is 3.89. The van der Waals surface area contributed by atoms with Crippen LogP contribution in [0, 0.1) is 30.6 Å². The van der Waals surface area contributed by atoms with Gasteiger partial charge in [0.25, 0.3) is 0 Å². The highest BCUT2D eigenvalue weighted by atomic mass is 16.7. The van der Waals surface area contributed by atoms with Gasteiger partial charge in [-0.1, -0.05) is 0 Å². The van der Waals surface area contributed by atoms with Crippen molar-refractivity contribution in [2.45, 2.75) is 37.8 Å². The van der Waals surface area contributed by atoms with E-state index in [0.717, 1.165) is 24.2 Å². The lowest BCUT2D eigenvalue weighted by Crippen LogP contribution is -2.41. The van der Waals surface area contributed by atoms with Crippen LogP contribution in [0.4, 0.5) is 11.4 Å². The molecule has 2 atom stereocenters. The zero-order valence-corrected chi connectivity index (χ0v) is 20.0. The van der Waals surface area contributed by atoms with E-state index >= 15 is 0 Å². The number of nitro benzene ring substituents is 2. The average Bonchev–Trinajstić information content (AvgIpc) is 3.59. The number of carbonyl (C=O) groups is 2. The van der Waals surface area contributed by atoms with Crippen molar-refractivity contribution in [1.82, 2.24) is 10.0 Å². The largest absolute Gasteiger partial charge is 0.569 e. The molecule has 2 aliphatic heterocycles. The van der Waals surface area contributed by atoms with E-state index in [9.17, 15) is 40.2 Å². The summed E-state index contributed by atoms with van der Waals surface area (Å²) in [6, 6.07) is -0.831. The lowest BCUT2D eigenvalue weighted by molar-refractivity contribution is -0.708. The SMILES string of the molecule is COC(=O)[C@@H]1CCCN1/[N+]([O-])=N/Oc1cc(O/N=[N+](\[O-])N2CCC[C@H]2C(=O)OC)c([N+](=O)[O-])cc1[N+](=O)[O-]. The van der Waals surface area contributed by atoms with Gasteiger partial charge in [-0.05, 0) is 25.7 Å². The summed E-state index contributed by atoms with van der Waals surface area (Å²) < 4.78 is 9.24. The van der Waals surface area contributed by atoms with Gasteiger partial charge >= 0.3 is 23.3 Å². The molecule has 38 heavy (non-hydrogen) atoms. The maximum Gasteiger partial charge on any atom is 0.334 e. The summed E-state index contributed by atoms with van der Waals surface area (Å²) in [4.78, 5) is 54.1. The first kappa shape index (κ1) is 27.5. The third-order valence-electron chi connectivity index (χ3n) is 5.69. The van der Waals surface area contributed by atoms with Crippen molar-refractivity contribution in [2.24, 2.45) is 10.6 Å². The quantitative estimate of drug-likeness (QED) is 0.132. The Kier molecular flexibility index (Phi) is 8.55. The molecule has 20 heteroatoms. The number of esters is 2. The van der Waals surface area contributed by atoms with Gasteiger partial charge in [0.15, 0.2) is 12.1 Å². The Morgan fingerprint density at radius 1 is 0.789 bits per heavy atom. The first-order valence-corrected chi connectivity index (χ1v) is 10.9. The Morgan fingerprint density at radius 3 is 1.53 bits per heavy atom. The number of hydrazine groups is 2. The van der Waals surface area contributed by atoms with Gasteiger partial charge in [-0.15, -0.1) is 10.0 Å². The van der Waals surface area contributed by atoms with Crippen LogP contribution in [0.1, 0.15) is 25.7 Å². The molecule has 0 aliphatic carbocycles. The number of rotatable bonds is 10. The van der Waals surface area contributed by atoms with E-state index in [1.54, 1.807) is 0 Å². The van der Waals surface area contributed by atoms with Crippen LogP contribution in [0.3, 0.4) is 0 Å². The van der Waals surface area contributed by atoms with Crippen LogP contribution in [-0.2, 0) is 19.1 Å². The highest BCUT2D eigenvalue weighted by Gasteiger charge is 2.39. The smallest absolute Gasteiger partial charge is 0.334 e. The molecule has 0 unspecified atom stereocenters. The van der Waals surface area contributed by atoms with E-state index < -0.39 is 56.7 Å². The molecule has 2 saturated heterocycles. The molecule has 20 nitrogen and oxygen atoms in total. The van der Waals surface area contributed by atoms with Gasteiger partial charge in [0.2, 0.25) is 22.1 Å². The van der Waals surface area contributed by atoms with Crippen molar-refractivity contribution in [3.63, 3.8) is 0 Å². The number of hydrogen-bond donors (Lipinski definition) is 0. The van der Waals surface area contributed by atoms with Crippen molar-refractivity contribution < 1.29 is 48.5 Å². The summed E-state index contributed by atoms with van der Waals surface area (Å²) in [5.74, 6) is -2.95. The highest BCUT2D eigenvalue weighted by Crippen LogP contribution is 2.39. The number of hydrogen-bond acceptors (Lipinski definition) is 14. The van der Waals surface area contributed by atoms with Gasteiger partial charge in [0.05, 0.1) is 47.1 Å². The Morgan fingerprint density at radius 2 is 1.18 bits per heavy atom. The fourth-order valence-corrected chi connectivity index (χ4v) is 3.89. The molecule has 2 aliphatic rings. The molecular formula is C18H22N8O12. The second-order valence-electron chi connectivity index (χ2n) is 7.84. The molecule has 0 amide bonds. The molecule has 0 saturated carbocycles. The van der Waals surface area contributed by atoms with Crippen LogP contribution in [0.15, 0.2) is 22.7 Å². The van der Waals surface area contributed by atoms with Crippen molar-refractivity contribution in [2.75, 3.05) is 27.3 Å². The molecule has 0 bridgehead atoms. The van der Waals surface area contributed by atoms with Crippen LogP contribution < -0.4 is 9.68 Å². The minimum atomic E-state index is -1.04. The highest BCUT2D eigenvalue weighted by molar-refractivity contribution is 5.76. The molecule has 206 valence electrons. The predicted octanol–water partition coefficient (Wildman–Crippen LogP) is 1.12. The first-order chi connectivity index (χ1) is 18.1. The zero-order chi connectivity index (χ0) is 28.0. The third kappa shape index (κ3) is 5.84. The zero-order valence-electron chi connectivity index (χ0n) is 20.0. The molecule has 2 fully saturated rings. The van der Waals surface area contributed by atoms with Crippen LogP contribution >= 0.6 is 0 Å². The van der Waals surface area contributed by atoms with E-state index in [-0.39, 0.29) is 35.9 Å². The number of benzene rings is 1. The summed E-state index contributed by atoms with van der Waals surface area (Å²) in [6.07, 6.45) is 1.48. The summed E-state index contributed by atoms with van der Waals surface area (Å²) >= 11 is 0. The number of nitro groups is 2. The van der Waals surface area contributed by atoms with E-state index in [4.69, 9.17) is 9.68 Å². The van der Waals surface area contributed by atoms with Crippen molar-refractivity contribution >= 4 is 23.3 Å². The molecule has 0 spiro atoms. The van der Waals surface area contributed by atoms with Gasteiger partial charge < -0.3 is 19.9 Å². The Hall–Kier alpha value is -5.04. The standard InChI is InChI=1S/C18H22N8O12/c1-35-17(27)11-5-3-7-21(11)25(33)19-37-15-10-16(14(24(31)32)9-13(15)23(29)30)38-20-26(34)22-8-4-6-12(22)18(28)36-2/h9-12H,3-8H2,1-2H3/b25-19-,26-20-/t11-,12-/m0/s1. The maximum absolute atomic E-state index is 12.4. The lowest BCUT2D eigenvalue weighted by Gasteiger charge is -2.17. The van der Waals surface area contributed by atoms with E-state index in [1.165, 1.54) is 0 Å². The third-order valence-corrected chi connectivity index (χ3v) is 5.69. The Labute approximate surface area is 212 Å². The van der Waals surface area contributed by atoms with Crippen LogP contribution in [0.5, 0.6) is 11.5 Å². The van der Waals surface area contributed by atoms with Gasteiger partial charge in [0, 0.05) is 6.07 Å². The van der Waals surface area contributed by atoms with Crippen LogP contribution in [-0.4, -0.2) is 81.1 Å². The Bertz CT molecular complexity index is 1090. The number of carbonyl (C=O) groups excluding carboxylic acids is 2. The molecule has 0 radical (unpaired) electrons. The van der Waals surface area contributed by atoms with E-state index in [0.29, 0.717) is 25.0 Å². The molecule has 1 aromatic carbocycles. The minimum absolute atomic E-state index is 0.105. The predicted molar refractivity (Wildman–Crippen MR) is 117 cm³/mol. The van der Waals surface area contributed by atoms with E-state index in [2.05, 4.69) is 20.0 Å². The fraction of sp³-hybridized carbons (Fsp3) is 0.556. The second-order valence-corrected chi connectivity index (χ2v) is 7.84. The first-order valence-electron chi connectivity index (χ1n) is 10.9. The summed E-state index contributed by atoms with van der Waals surface area (Å²) in [6.45, 7) is 0.211. The number of methoxy groups -OCH3 is 2. The molecule has 2 heterocycles. The van der Waals surface area contributed by atoms with E-state index in [1.807, 2.05) is 0 Å². The number of nitrogens with zero attached hydrogens (tertiary/aromatic N) is 8. The normalized spacial score (nSPS) is 19.7. The number of ether oxygens (including phenoxy) is 2. The van der Waals surface area contributed by atoms with Gasteiger partial charge in [-0.3, -0.25) is 29.9 Å². The van der Waals surface area contributed by atoms with Gasteiger partial charge in [-0.2, -0.15) is 0 Å². The lowest BCUT2D eigenvalue weighted by atomic mass is 10.2. The maximum atomic E-state index is 12.4. The molecule has 0 aromatic heterocycles. The summed E-state index contributed by atoms with van der Waals surface area (Å²) in [7, 11) is 2.27. The van der Waals surface area contributed by atoms with Crippen LogP contribution in [0.2, 0.25) is 0 Å².